The van der Waals surface area contributed by atoms with E-state index in [1.807, 2.05) is 0 Å². The average Bonchev–Trinajstić information content (AvgIpc) is 0.942. The molecule has 5 atom stereocenters. The summed E-state index contributed by atoms with van der Waals surface area (Å²) in [7, 11) is -9.79. The molecule has 0 rings (SSSR count). The Morgan fingerprint density at radius 3 is 0.829 bits per heavy atom. The van der Waals surface area contributed by atoms with E-state index in [4.69, 9.17) is 32.3 Å². The largest absolute Gasteiger partial charge is 0.472 e. The lowest BCUT2D eigenvalue weighted by Gasteiger charge is -2.21. The zero-order chi connectivity index (χ0) is 76.6. The molecular formula is C87H152O16P2. The van der Waals surface area contributed by atoms with E-state index in [2.05, 4.69) is 142 Å². The van der Waals surface area contributed by atoms with Crippen LogP contribution in [0.4, 0.5) is 0 Å². The fraction of sp³-hybridized carbons (Fsp3) is 0.736. The van der Waals surface area contributed by atoms with Gasteiger partial charge in [0, 0.05) is 19.3 Å². The summed E-state index contributed by atoms with van der Waals surface area (Å²) < 4.78 is 61.2. The van der Waals surface area contributed by atoms with Gasteiger partial charge in [-0.05, 0) is 135 Å². The van der Waals surface area contributed by atoms with Crippen LogP contribution in [0, 0.1) is 0 Å². The molecule has 0 saturated carbocycles. The number of carbonyl (C=O) groups excluding carboxylic acids is 3. The number of phosphoric ester groups is 2. The summed E-state index contributed by atoms with van der Waals surface area (Å²) >= 11 is 0. The smallest absolute Gasteiger partial charge is 0.463 e. The van der Waals surface area contributed by atoms with Crippen molar-refractivity contribution in [3.63, 3.8) is 0 Å². The van der Waals surface area contributed by atoms with E-state index < -0.39 is 91.5 Å². The first-order valence-electron chi connectivity index (χ1n) is 41.8. The molecule has 18 heteroatoms. The van der Waals surface area contributed by atoms with Crippen molar-refractivity contribution in [2.75, 3.05) is 39.6 Å². The fourth-order valence-electron chi connectivity index (χ4n) is 11.3. The zero-order valence-corrected chi connectivity index (χ0v) is 68.2. The molecule has 0 heterocycles. The topological polar surface area (TPSA) is 231 Å². The Kier molecular flexibility index (Phi) is 76.4. The molecule has 105 heavy (non-hydrogen) atoms. The van der Waals surface area contributed by atoms with Crippen LogP contribution in [0.1, 0.15) is 355 Å². The number of allylic oxidation sites excluding steroid dienone is 20. The normalized spacial score (nSPS) is 14.5. The van der Waals surface area contributed by atoms with Gasteiger partial charge < -0.3 is 34.2 Å². The van der Waals surface area contributed by atoms with Crippen molar-refractivity contribution in [1.29, 1.82) is 0 Å². The number of rotatable bonds is 79. The highest BCUT2D eigenvalue weighted by molar-refractivity contribution is 7.47. The van der Waals surface area contributed by atoms with Crippen LogP contribution in [0.5, 0.6) is 0 Å². The van der Waals surface area contributed by atoms with Crippen molar-refractivity contribution in [2.24, 2.45) is 0 Å². The number of unbranched alkanes of at least 4 members (excludes halogenated alkanes) is 36. The minimum atomic E-state index is -4.93. The molecule has 0 aromatic rings. The van der Waals surface area contributed by atoms with Gasteiger partial charge in [0.05, 0.1) is 26.4 Å². The van der Waals surface area contributed by atoms with Gasteiger partial charge in [0.15, 0.2) is 6.10 Å². The Bertz CT molecular complexity index is 2390. The maximum atomic E-state index is 13.0. The Morgan fingerprint density at radius 1 is 0.276 bits per heavy atom. The van der Waals surface area contributed by atoms with Crippen molar-refractivity contribution >= 4 is 33.6 Å². The first-order chi connectivity index (χ1) is 51.2. The minimum absolute atomic E-state index is 0.0921. The third-order valence-corrected chi connectivity index (χ3v) is 19.5. The minimum Gasteiger partial charge on any atom is -0.463 e. The summed E-state index contributed by atoms with van der Waals surface area (Å²) in [6, 6.07) is 0. The summed E-state index contributed by atoms with van der Waals surface area (Å²) in [6.45, 7) is 2.54. The molecule has 606 valence electrons. The molecule has 0 aliphatic rings. The third kappa shape index (κ3) is 80.8. The van der Waals surface area contributed by atoms with Crippen LogP contribution in [0.15, 0.2) is 122 Å². The molecule has 0 aliphatic carbocycles. The van der Waals surface area contributed by atoms with Gasteiger partial charge in [-0.3, -0.25) is 32.5 Å². The number of aliphatic hydroxyl groups excluding tert-OH is 2. The summed E-state index contributed by atoms with van der Waals surface area (Å²) in [6.07, 6.45) is 95.4. The quantitative estimate of drug-likeness (QED) is 0.0146. The Morgan fingerprint density at radius 2 is 0.505 bits per heavy atom. The SMILES string of the molecule is CC/C=C\C/C=C\C/C=C\C/C=C\C/C=C\C/C=C\CCCCCCCCCCCCCCCCCCC(=O)OCC(O)COP(=O)(O)OCC(O)COP(=O)(O)OCC(COC(=O)CCCCCCCC/C=C\C/C=C\C/C=C\CCCCC)OC(=O)CCCCCCC/C=C\CCCCCCCC. The van der Waals surface area contributed by atoms with Gasteiger partial charge in [0.2, 0.25) is 0 Å². The van der Waals surface area contributed by atoms with Crippen LogP contribution < -0.4 is 0 Å². The van der Waals surface area contributed by atoms with E-state index in [0.717, 1.165) is 154 Å². The van der Waals surface area contributed by atoms with E-state index >= 15 is 0 Å². The van der Waals surface area contributed by atoms with Crippen molar-refractivity contribution in [1.82, 2.24) is 0 Å². The van der Waals surface area contributed by atoms with Crippen molar-refractivity contribution in [2.45, 2.75) is 373 Å². The molecule has 0 radical (unpaired) electrons. The van der Waals surface area contributed by atoms with Crippen LogP contribution in [-0.4, -0.2) is 95.9 Å². The first-order valence-corrected chi connectivity index (χ1v) is 44.8. The maximum Gasteiger partial charge on any atom is 0.472 e. The Balaban J connectivity index is 4.41. The number of esters is 3. The molecule has 16 nitrogen and oxygen atoms in total. The predicted molar refractivity (Wildman–Crippen MR) is 436 cm³/mol. The van der Waals surface area contributed by atoms with Crippen LogP contribution in [0.25, 0.3) is 0 Å². The van der Waals surface area contributed by atoms with Gasteiger partial charge in [0.25, 0.3) is 0 Å². The van der Waals surface area contributed by atoms with Crippen molar-refractivity contribution < 1.29 is 75.8 Å². The highest BCUT2D eigenvalue weighted by Gasteiger charge is 2.29. The standard InChI is InChI=1S/C87H152O16P2/c1-4-7-10-13-16-19-22-25-28-30-32-33-34-35-36-37-38-39-40-41-42-43-44-45-46-47-49-51-53-55-58-61-64-67-70-73-85(90)97-76-82(88)77-99-104(93,94)100-78-83(89)79-101-105(95,96)102-81-84(103-87(92)75-72-69-66-63-60-57-52-27-24-21-18-15-12-9-6-3)80-98-86(91)74-71-68-65-62-59-56-54-50-48-31-29-26-23-20-17-14-11-8-5-2/h7,10,16-17,19-20,25-29,32-33,35-36,38-39,48,50,52,82-84,88-89H,4-6,8-9,11-15,18,21-24,30-31,34,37,40-47,49,51,53-81H2,1-3H3,(H,93,94)(H,95,96)/b10-7-,19-16-,20-17-,28-25-,29-26-,33-32-,36-35-,39-38-,50-48-,52-27-. The Labute approximate surface area is 640 Å². The maximum absolute atomic E-state index is 13.0. The summed E-state index contributed by atoms with van der Waals surface area (Å²) in [5.74, 6) is -1.59. The lowest BCUT2D eigenvalue weighted by Crippen LogP contribution is -2.30. The second-order valence-electron chi connectivity index (χ2n) is 27.9. The van der Waals surface area contributed by atoms with Gasteiger partial charge >= 0.3 is 33.6 Å². The molecule has 0 saturated heterocycles. The molecular weight excluding hydrogens is 1360 g/mol. The van der Waals surface area contributed by atoms with Crippen LogP contribution in [0.2, 0.25) is 0 Å². The van der Waals surface area contributed by atoms with Crippen molar-refractivity contribution in [3.8, 4) is 0 Å². The second kappa shape index (κ2) is 79.5. The highest BCUT2D eigenvalue weighted by Crippen LogP contribution is 2.45. The van der Waals surface area contributed by atoms with Crippen LogP contribution >= 0.6 is 15.6 Å². The molecule has 5 unspecified atom stereocenters. The molecule has 0 aromatic carbocycles. The van der Waals surface area contributed by atoms with Gasteiger partial charge in [-0.1, -0.05) is 322 Å². The Hall–Kier alpha value is -4.05. The molecule has 0 aliphatic heterocycles. The lowest BCUT2D eigenvalue weighted by atomic mass is 10.0. The number of ether oxygens (including phenoxy) is 3. The molecule has 0 aromatic heterocycles. The summed E-state index contributed by atoms with van der Waals surface area (Å²) in [4.78, 5) is 58.7. The molecule has 4 N–H and O–H groups in total. The molecule has 0 bridgehead atoms. The second-order valence-corrected chi connectivity index (χ2v) is 30.8. The van der Waals surface area contributed by atoms with Gasteiger partial charge in [-0.25, -0.2) is 9.13 Å². The number of hydrogen-bond donors (Lipinski definition) is 4. The van der Waals surface area contributed by atoms with Gasteiger partial charge in [0.1, 0.15) is 25.4 Å². The monoisotopic (exact) mass is 1520 g/mol. The lowest BCUT2D eigenvalue weighted by molar-refractivity contribution is -0.161. The molecule has 0 spiro atoms. The zero-order valence-electron chi connectivity index (χ0n) is 66.4. The van der Waals surface area contributed by atoms with E-state index in [1.54, 1.807) is 0 Å². The fourth-order valence-corrected chi connectivity index (χ4v) is 12.9. The molecule has 0 fully saturated rings. The number of hydrogen-bond acceptors (Lipinski definition) is 14. The van der Waals surface area contributed by atoms with E-state index in [9.17, 15) is 43.5 Å². The first kappa shape index (κ1) is 101. The van der Waals surface area contributed by atoms with E-state index in [1.165, 1.54) is 141 Å². The van der Waals surface area contributed by atoms with Crippen LogP contribution in [0.3, 0.4) is 0 Å². The molecule has 0 amide bonds. The average molecular weight is 1520 g/mol. The van der Waals surface area contributed by atoms with Crippen LogP contribution in [-0.2, 0) is 55.8 Å². The van der Waals surface area contributed by atoms with E-state index in [-0.39, 0.29) is 19.3 Å². The summed E-state index contributed by atoms with van der Waals surface area (Å²) in [5, 5.41) is 20.7. The van der Waals surface area contributed by atoms with Gasteiger partial charge in [-0.2, -0.15) is 0 Å². The number of phosphoric acid groups is 2. The van der Waals surface area contributed by atoms with E-state index in [0.29, 0.717) is 19.3 Å². The van der Waals surface area contributed by atoms with Crippen molar-refractivity contribution in [3.05, 3.63) is 122 Å². The highest BCUT2D eigenvalue weighted by atomic mass is 31.2. The van der Waals surface area contributed by atoms with Gasteiger partial charge in [-0.15, -0.1) is 0 Å². The number of carbonyl (C=O) groups is 3. The summed E-state index contributed by atoms with van der Waals surface area (Å²) in [5.41, 5.74) is 0. The third-order valence-electron chi connectivity index (χ3n) is 17.6. The predicted octanol–water partition coefficient (Wildman–Crippen LogP) is 24.9. The number of aliphatic hydroxyl groups is 2.